The van der Waals surface area contributed by atoms with Gasteiger partial charge in [-0.2, -0.15) is 9.59 Å². The molecule has 0 saturated carbocycles. The second-order valence-electron chi connectivity index (χ2n) is 7.50. The van der Waals surface area contributed by atoms with Gasteiger partial charge in [0.25, 0.3) is 0 Å². The Morgan fingerprint density at radius 2 is 1.59 bits per heavy atom. The number of ether oxygens (including phenoxy) is 1. The zero-order valence-corrected chi connectivity index (χ0v) is 20.0. The van der Waals surface area contributed by atoms with Gasteiger partial charge in [0.05, 0.1) is 13.2 Å². The zero-order chi connectivity index (χ0) is 24.3. The van der Waals surface area contributed by atoms with Crippen molar-refractivity contribution in [3.63, 3.8) is 0 Å². The van der Waals surface area contributed by atoms with E-state index in [1.165, 1.54) is 0 Å². The highest BCUT2D eigenvalue weighted by Gasteiger charge is 2.19. The monoisotopic (exact) mass is 477 g/mol. The van der Waals surface area contributed by atoms with E-state index in [0.717, 1.165) is 72.6 Å². The van der Waals surface area contributed by atoms with Gasteiger partial charge in [-0.05, 0) is 62.0 Å². The largest absolute Gasteiger partial charge is 0.378 e. The molecule has 1 saturated heterocycles. The molecule has 34 heavy (non-hydrogen) atoms. The van der Waals surface area contributed by atoms with Crippen molar-refractivity contribution in [1.82, 2.24) is 9.97 Å². The number of hydrogen-bond donors (Lipinski definition) is 2. The van der Waals surface area contributed by atoms with Crippen LogP contribution < -0.4 is 15.5 Å². The Balaban J connectivity index is 0.00000103. The number of nitrogens with one attached hydrogen (secondary N) is 2. The first-order valence-electron chi connectivity index (χ1n) is 11.0. The zero-order valence-electron chi connectivity index (χ0n) is 19.2. The summed E-state index contributed by atoms with van der Waals surface area (Å²) >= 11 is 5.42. The van der Waals surface area contributed by atoms with Crippen LogP contribution in [0.5, 0.6) is 0 Å². The van der Waals surface area contributed by atoms with Crippen molar-refractivity contribution in [3.05, 3.63) is 65.9 Å². The highest BCUT2D eigenvalue weighted by Crippen LogP contribution is 2.26. The minimum atomic E-state index is 0.250. The first-order valence-corrected chi connectivity index (χ1v) is 11.4. The standard InChI is InChI=1S/C24H27N5OS.CO2/c1-3-21-17(2)23(29-13-15-30-16-14-29)28-22(27-21)18-9-11-20(12-10-18)26-24(31)25-19-7-5-4-6-8-19;2-1-3/h4-12H,3,13-16H2,1-2H3,(H2,25,26,31);. The van der Waals surface area contributed by atoms with Gasteiger partial charge in [-0.3, -0.25) is 0 Å². The van der Waals surface area contributed by atoms with Crippen LogP contribution in [0, 0.1) is 6.92 Å². The molecule has 2 N–H and O–H groups in total. The lowest BCUT2D eigenvalue weighted by Gasteiger charge is -2.29. The SMILES string of the molecule is CCc1nc(-c2ccc(NC(=S)Nc3ccccc3)cc2)nc(N2CCOCC2)c1C.O=C=O. The first-order chi connectivity index (χ1) is 16.5. The predicted octanol–water partition coefficient (Wildman–Crippen LogP) is 4.08. The van der Waals surface area contributed by atoms with Gasteiger partial charge < -0.3 is 20.3 Å². The van der Waals surface area contributed by atoms with Crippen molar-refractivity contribution in [2.24, 2.45) is 0 Å². The second kappa shape index (κ2) is 12.6. The predicted molar refractivity (Wildman–Crippen MR) is 136 cm³/mol. The summed E-state index contributed by atoms with van der Waals surface area (Å²) in [6.07, 6.45) is 1.12. The van der Waals surface area contributed by atoms with Crippen LogP contribution in [0.2, 0.25) is 0 Å². The molecule has 8 nitrogen and oxygen atoms in total. The molecule has 1 aliphatic heterocycles. The van der Waals surface area contributed by atoms with E-state index in [0.29, 0.717) is 5.11 Å². The van der Waals surface area contributed by atoms with Crippen LogP contribution >= 0.6 is 12.2 Å². The third kappa shape index (κ3) is 6.68. The molecule has 1 aliphatic rings. The molecule has 0 atom stereocenters. The van der Waals surface area contributed by atoms with E-state index in [1.807, 2.05) is 54.6 Å². The number of nitrogens with zero attached hydrogens (tertiary/aromatic N) is 3. The highest BCUT2D eigenvalue weighted by atomic mass is 32.1. The molecule has 4 rings (SSSR count). The number of thiocarbonyl (C=S) groups is 1. The number of hydrogen-bond acceptors (Lipinski definition) is 7. The van der Waals surface area contributed by atoms with Gasteiger partial charge in [0.15, 0.2) is 10.9 Å². The molecule has 176 valence electrons. The van der Waals surface area contributed by atoms with Gasteiger partial charge >= 0.3 is 6.15 Å². The lowest BCUT2D eigenvalue weighted by atomic mass is 10.1. The van der Waals surface area contributed by atoms with Crippen LogP contribution in [0.25, 0.3) is 11.4 Å². The Hall–Kier alpha value is -3.65. The fourth-order valence-electron chi connectivity index (χ4n) is 3.62. The number of anilines is 3. The summed E-state index contributed by atoms with van der Waals surface area (Å²) in [7, 11) is 0. The number of benzene rings is 2. The normalized spacial score (nSPS) is 12.7. The Morgan fingerprint density at radius 3 is 2.18 bits per heavy atom. The van der Waals surface area contributed by atoms with Crippen molar-refractivity contribution < 1.29 is 14.3 Å². The molecular weight excluding hydrogens is 450 g/mol. The van der Waals surface area contributed by atoms with Gasteiger partial charge in [0, 0.05) is 41.3 Å². The third-order valence-electron chi connectivity index (χ3n) is 5.30. The summed E-state index contributed by atoms with van der Waals surface area (Å²) in [5, 5.41) is 6.95. The van der Waals surface area contributed by atoms with Crippen LogP contribution in [0.4, 0.5) is 17.2 Å². The first kappa shape index (κ1) is 25.0. The minimum Gasteiger partial charge on any atom is -0.378 e. The van der Waals surface area contributed by atoms with Crippen LogP contribution in [0.3, 0.4) is 0 Å². The molecular formula is C25H27N5O3S. The van der Waals surface area contributed by atoms with Gasteiger partial charge in [-0.15, -0.1) is 0 Å². The molecule has 0 spiro atoms. The van der Waals surface area contributed by atoms with Crippen molar-refractivity contribution in [1.29, 1.82) is 0 Å². The van der Waals surface area contributed by atoms with E-state index in [9.17, 15) is 0 Å². The molecule has 0 unspecified atom stereocenters. The summed E-state index contributed by atoms with van der Waals surface area (Å²) < 4.78 is 5.51. The van der Waals surface area contributed by atoms with Crippen LogP contribution in [0.1, 0.15) is 18.2 Å². The number of carbonyl (C=O) groups excluding carboxylic acids is 2. The Morgan fingerprint density at radius 1 is 1.00 bits per heavy atom. The lowest BCUT2D eigenvalue weighted by Crippen LogP contribution is -2.37. The van der Waals surface area contributed by atoms with Crippen molar-refractivity contribution in [3.8, 4) is 11.4 Å². The van der Waals surface area contributed by atoms with Gasteiger partial charge in [0.1, 0.15) is 5.82 Å². The number of aryl methyl sites for hydroxylation is 1. The molecule has 9 heteroatoms. The van der Waals surface area contributed by atoms with E-state index in [4.69, 9.17) is 36.5 Å². The average Bonchev–Trinajstić information content (AvgIpc) is 2.86. The quantitative estimate of drug-likeness (QED) is 0.527. The number of para-hydroxylation sites is 1. The van der Waals surface area contributed by atoms with Crippen LogP contribution in [-0.4, -0.2) is 47.5 Å². The maximum atomic E-state index is 8.12. The Labute approximate surface area is 204 Å². The van der Waals surface area contributed by atoms with Crippen LogP contribution in [0.15, 0.2) is 54.6 Å². The maximum absolute atomic E-state index is 8.12. The van der Waals surface area contributed by atoms with E-state index >= 15 is 0 Å². The number of morpholine rings is 1. The van der Waals surface area contributed by atoms with E-state index < -0.39 is 0 Å². The third-order valence-corrected chi connectivity index (χ3v) is 5.50. The van der Waals surface area contributed by atoms with Gasteiger partial charge in [-0.1, -0.05) is 25.1 Å². The van der Waals surface area contributed by atoms with E-state index in [-0.39, 0.29) is 6.15 Å². The molecule has 2 heterocycles. The Kier molecular flexibility index (Phi) is 9.22. The number of aromatic nitrogens is 2. The summed E-state index contributed by atoms with van der Waals surface area (Å²) in [5.41, 5.74) is 5.09. The topological polar surface area (TPSA) is 96.4 Å². The van der Waals surface area contributed by atoms with Crippen molar-refractivity contribution in [2.45, 2.75) is 20.3 Å². The molecule has 0 aliphatic carbocycles. The van der Waals surface area contributed by atoms with Gasteiger partial charge in [-0.25, -0.2) is 9.97 Å². The maximum Gasteiger partial charge on any atom is 0.373 e. The Bertz CT molecular complexity index is 1130. The van der Waals surface area contributed by atoms with E-state index in [2.05, 4.69) is 29.4 Å². The highest BCUT2D eigenvalue weighted by molar-refractivity contribution is 7.80. The molecule has 1 fully saturated rings. The summed E-state index contributed by atoms with van der Waals surface area (Å²) in [6.45, 7) is 7.43. The fraction of sp³-hybridized carbons (Fsp3) is 0.280. The van der Waals surface area contributed by atoms with E-state index in [1.54, 1.807) is 0 Å². The lowest BCUT2D eigenvalue weighted by molar-refractivity contribution is -0.191. The summed E-state index contributed by atoms with van der Waals surface area (Å²) in [6, 6.07) is 17.9. The molecule has 1 aromatic heterocycles. The summed E-state index contributed by atoms with van der Waals surface area (Å²) in [5.74, 6) is 1.76. The minimum absolute atomic E-state index is 0.250. The summed E-state index contributed by atoms with van der Waals surface area (Å²) in [4.78, 5) is 28.3. The van der Waals surface area contributed by atoms with Crippen molar-refractivity contribution in [2.75, 3.05) is 41.8 Å². The smallest absolute Gasteiger partial charge is 0.373 e. The fourth-order valence-corrected chi connectivity index (χ4v) is 3.86. The molecule has 2 aromatic carbocycles. The molecule has 0 bridgehead atoms. The van der Waals surface area contributed by atoms with Crippen molar-refractivity contribution >= 4 is 40.7 Å². The molecule has 0 radical (unpaired) electrons. The average molecular weight is 478 g/mol. The number of rotatable bonds is 5. The van der Waals surface area contributed by atoms with Crippen LogP contribution in [-0.2, 0) is 20.7 Å². The molecule has 3 aromatic rings. The molecule has 0 amide bonds. The second-order valence-corrected chi connectivity index (χ2v) is 7.91. The van der Waals surface area contributed by atoms with Gasteiger partial charge in [0.2, 0.25) is 0 Å².